The van der Waals surface area contributed by atoms with Crippen LogP contribution in [0.5, 0.6) is 0 Å². The number of hydrogen-bond acceptors (Lipinski definition) is 4. The molecule has 1 atom stereocenters. The molecule has 0 radical (unpaired) electrons. The topological polar surface area (TPSA) is 42.2 Å². The third kappa shape index (κ3) is 3.41. The standard InChI is InChI=1S/C15H21N3S/c1-3-18(11-13-6-4-5-8-17-13)14(10-16)15-12(2)7-9-19-15/h4-9,14H,3,10-11,16H2,1-2H3. The number of thiophene rings is 1. The van der Waals surface area contributed by atoms with Crippen LogP contribution in [0.4, 0.5) is 0 Å². The number of pyridine rings is 1. The normalized spacial score (nSPS) is 12.8. The SMILES string of the molecule is CCN(Cc1ccccn1)C(CN)c1sccc1C. The Kier molecular flexibility index (Phi) is 5.07. The van der Waals surface area contributed by atoms with E-state index in [2.05, 4.69) is 41.2 Å². The molecule has 2 heterocycles. The summed E-state index contributed by atoms with van der Waals surface area (Å²) < 4.78 is 0. The van der Waals surface area contributed by atoms with Crippen LogP contribution in [0.15, 0.2) is 35.8 Å². The van der Waals surface area contributed by atoms with Crippen LogP contribution >= 0.6 is 11.3 Å². The van der Waals surface area contributed by atoms with Crippen molar-refractivity contribution in [3.8, 4) is 0 Å². The van der Waals surface area contributed by atoms with Gasteiger partial charge in [-0.15, -0.1) is 11.3 Å². The van der Waals surface area contributed by atoms with Gasteiger partial charge in [-0.1, -0.05) is 13.0 Å². The van der Waals surface area contributed by atoms with E-state index in [4.69, 9.17) is 5.73 Å². The van der Waals surface area contributed by atoms with E-state index in [1.165, 1.54) is 10.4 Å². The molecule has 2 aromatic rings. The lowest BCUT2D eigenvalue weighted by molar-refractivity contribution is 0.203. The maximum Gasteiger partial charge on any atom is 0.0570 e. The summed E-state index contributed by atoms with van der Waals surface area (Å²) in [7, 11) is 0. The van der Waals surface area contributed by atoms with E-state index >= 15 is 0 Å². The molecular weight excluding hydrogens is 254 g/mol. The Morgan fingerprint density at radius 1 is 1.37 bits per heavy atom. The van der Waals surface area contributed by atoms with Crippen molar-refractivity contribution in [2.75, 3.05) is 13.1 Å². The van der Waals surface area contributed by atoms with E-state index < -0.39 is 0 Å². The molecular formula is C15H21N3S. The molecule has 0 spiro atoms. The van der Waals surface area contributed by atoms with Crippen molar-refractivity contribution in [1.82, 2.24) is 9.88 Å². The second-order valence-electron chi connectivity index (χ2n) is 4.60. The van der Waals surface area contributed by atoms with Crippen molar-refractivity contribution in [2.45, 2.75) is 26.4 Å². The second-order valence-corrected chi connectivity index (χ2v) is 5.55. The minimum absolute atomic E-state index is 0.284. The highest BCUT2D eigenvalue weighted by atomic mass is 32.1. The lowest BCUT2D eigenvalue weighted by Gasteiger charge is -2.29. The Morgan fingerprint density at radius 3 is 2.74 bits per heavy atom. The quantitative estimate of drug-likeness (QED) is 0.881. The van der Waals surface area contributed by atoms with Crippen LogP contribution in [0.1, 0.15) is 29.1 Å². The molecule has 0 saturated carbocycles. The maximum atomic E-state index is 6.01. The minimum Gasteiger partial charge on any atom is -0.329 e. The smallest absolute Gasteiger partial charge is 0.0570 e. The molecule has 2 N–H and O–H groups in total. The highest BCUT2D eigenvalue weighted by Crippen LogP contribution is 2.28. The zero-order chi connectivity index (χ0) is 13.7. The molecule has 2 aromatic heterocycles. The summed E-state index contributed by atoms with van der Waals surface area (Å²) in [6, 6.07) is 8.49. The summed E-state index contributed by atoms with van der Waals surface area (Å²) in [5, 5.41) is 2.14. The molecule has 0 aliphatic carbocycles. The molecule has 0 amide bonds. The minimum atomic E-state index is 0.284. The number of aromatic nitrogens is 1. The van der Waals surface area contributed by atoms with E-state index in [1.807, 2.05) is 18.3 Å². The van der Waals surface area contributed by atoms with Gasteiger partial charge in [0.25, 0.3) is 0 Å². The molecule has 1 unspecified atom stereocenters. The largest absolute Gasteiger partial charge is 0.329 e. The van der Waals surface area contributed by atoms with E-state index in [1.54, 1.807) is 11.3 Å². The Balaban J connectivity index is 2.18. The van der Waals surface area contributed by atoms with Crippen LogP contribution in [-0.4, -0.2) is 23.0 Å². The predicted octanol–water partition coefficient (Wildman–Crippen LogP) is 2.97. The summed E-state index contributed by atoms with van der Waals surface area (Å²) in [5.41, 5.74) is 8.44. The Hall–Kier alpha value is -1.23. The van der Waals surface area contributed by atoms with Crippen LogP contribution in [0.2, 0.25) is 0 Å². The number of hydrogen-bond donors (Lipinski definition) is 1. The first-order valence-corrected chi connectivity index (χ1v) is 7.52. The summed E-state index contributed by atoms with van der Waals surface area (Å²) in [6.07, 6.45) is 1.84. The summed E-state index contributed by atoms with van der Waals surface area (Å²) in [5.74, 6) is 0. The molecule has 4 heteroatoms. The third-order valence-electron chi connectivity index (χ3n) is 3.37. The Morgan fingerprint density at radius 2 is 2.21 bits per heavy atom. The van der Waals surface area contributed by atoms with Gasteiger partial charge in [0.05, 0.1) is 11.7 Å². The highest BCUT2D eigenvalue weighted by molar-refractivity contribution is 7.10. The fourth-order valence-corrected chi connectivity index (χ4v) is 3.36. The summed E-state index contributed by atoms with van der Waals surface area (Å²) in [6.45, 7) is 6.78. The zero-order valence-electron chi connectivity index (χ0n) is 11.5. The van der Waals surface area contributed by atoms with Crippen molar-refractivity contribution in [1.29, 1.82) is 0 Å². The van der Waals surface area contributed by atoms with E-state index in [0.717, 1.165) is 18.8 Å². The molecule has 102 valence electrons. The molecule has 0 aliphatic heterocycles. The van der Waals surface area contributed by atoms with Gasteiger partial charge in [-0.05, 0) is 42.6 Å². The van der Waals surface area contributed by atoms with Gasteiger partial charge in [0.1, 0.15) is 0 Å². The molecule has 19 heavy (non-hydrogen) atoms. The van der Waals surface area contributed by atoms with Crippen molar-refractivity contribution >= 4 is 11.3 Å². The Bertz CT molecular complexity index is 495. The summed E-state index contributed by atoms with van der Waals surface area (Å²) >= 11 is 1.79. The number of aryl methyl sites for hydroxylation is 1. The summed E-state index contributed by atoms with van der Waals surface area (Å²) in [4.78, 5) is 8.17. The zero-order valence-corrected chi connectivity index (χ0v) is 12.4. The van der Waals surface area contributed by atoms with Gasteiger partial charge >= 0.3 is 0 Å². The first-order valence-electron chi connectivity index (χ1n) is 6.64. The van der Waals surface area contributed by atoms with Crippen LogP contribution in [-0.2, 0) is 6.54 Å². The van der Waals surface area contributed by atoms with Crippen LogP contribution in [0, 0.1) is 6.92 Å². The van der Waals surface area contributed by atoms with Crippen molar-refractivity contribution < 1.29 is 0 Å². The van der Waals surface area contributed by atoms with Gasteiger partial charge in [0.2, 0.25) is 0 Å². The van der Waals surface area contributed by atoms with Crippen LogP contribution < -0.4 is 5.73 Å². The molecule has 0 saturated heterocycles. The maximum absolute atomic E-state index is 6.01. The predicted molar refractivity (Wildman–Crippen MR) is 81.2 cm³/mol. The molecule has 0 bridgehead atoms. The number of likely N-dealkylation sites (N-methyl/N-ethyl adjacent to an activating group) is 1. The molecule has 2 rings (SSSR count). The van der Waals surface area contributed by atoms with Gasteiger partial charge in [0.15, 0.2) is 0 Å². The molecule has 0 aromatic carbocycles. The monoisotopic (exact) mass is 275 g/mol. The number of nitrogens with two attached hydrogens (primary N) is 1. The molecule has 0 fully saturated rings. The lowest BCUT2D eigenvalue weighted by Crippen LogP contribution is -2.33. The van der Waals surface area contributed by atoms with Gasteiger partial charge in [-0.2, -0.15) is 0 Å². The number of rotatable bonds is 6. The average Bonchev–Trinajstić information content (AvgIpc) is 2.86. The molecule has 0 aliphatic rings. The van der Waals surface area contributed by atoms with E-state index in [0.29, 0.717) is 6.54 Å². The fraction of sp³-hybridized carbons (Fsp3) is 0.400. The first kappa shape index (κ1) is 14.2. The van der Waals surface area contributed by atoms with Crippen LogP contribution in [0.3, 0.4) is 0 Å². The second kappa shape index (κ2) is 6.80. The van der Waals surface area contributed by atoms with Crippen molar-refractivity contribution in [3.63, 3.8) is 0 Å². The third-order valence-corrected chi connectivity index (χ3v) is 4.49. The van der Waals surface area contributed by atoms with Gasteiger partial charge in [-0.3, -0.25) is 9.88 Å². The fourth-order valence-electron chi connectivity index (χ4n) is 2.29. The number of nitrogens with zero attached hydrogens (tertiary/aromatic N) is 2. The highest BCUT2D eigenvalue weighted by Gasteiger charge is 2.20. The average molecular weight is 275 g/mol. The van der Waals surface area contributed by atoms with Gasteiger partial charge in [-0.25, -0.2) is 0 Å². The van der Waals surface area contributed by atoms with E-state index in [-0.39, 0.29) is 6.04 Å². The van der Waals surface area contributed by atoms with Gasteiger partial charge < -0.3 is 5.73 Å². The van der Waals surface area contributed by atoms with Crippen LogP contribution in [0.25, 0.3) is 0 Å². The Labute approximate surface area is 119 Å². The van der Waals surface area contributed by atoms with Crippen molar-refractivity contribution in [2.24, 2.45) is 5.73 Å². The first-order chi connectivity index (χ1) is 9.26. The van der Waals surface area contributed by atoms with Crippen molar-refractivity contribution in [3.05, 3.63) is 52.0 Å². The molecule has 3 nitrogen and oxygen atoms in total. The van der Waals surface area contributed by atoms with Gasteiger partial charge in [0, 0.05) is 24.2 Å². The lowest BCUT2D eigenvalue weighted by atomic mass is 10.1. The van der Waals surface area contributed by atoms with E-state index in [9.17, 15) is 0 Å².